The van der Waals surface area contributed by atoms with Crippen molar-refractivity contribution in [3.05, 3.63) is 69.2 Å². The molecule has 4 atom stereocenters. The Hall–Kier alpha value is -5.35. The summed E-state index contributed by atoms with van der Waals surface area (Å²) in [4.78, 5) is 51.9. The van der Waals surface area contributed by atoms with E-state index in [4.69, 9.17) is 26.4 Å². The second-order valence-electron chi connectivity index (χ2n) is 18.1. The van der Waals surface area contributed by atoms with E-state index in [-0.39, 0.29) is 29.2 Å². The molecule has 0 radical (unpaired) electrons. The van der Waals surface area contributed by atoms with Gasteiger partial charge in [-0.25, -0.2) is 13.8 Å². The summed E-state index contributed by atoms with van der Waals surface area (Å²) >= 11 is 6.66. The third kappa shape index (κ3) is 7.52. The number of nitrogens with zero attached hydrogens (tertiary/aromatic N) is 7. The maximum atomic E-state index is 15.2. The highest BCUT2D eigenvalue weighted by molar-refractivity contribution is 6.33. The number of carbonyl (C=O) groups excluding carboxylic acids is 2. The summed E-state index contributed by atoms with van der Waals surface area (Å²) in [5.74, 6) is -1.92. The minimum atomic E-state index is -3.13. The summed E-state index contributed by atoms with van der Waals surface area (Å²) in [5.41, 5.74) is 4.07. The van der Waals surface area contributed by atoms with E-state index < -0.39 is 30.0 Å². The molecule has 4 fully saturated rings. The van der Waals surface area contributed by atoms with Crippen LogP contribution in [-0.2, 0) is 23.7 Å². The summed E-state index contributed by atoms with van der Waals surface area (Å²) in [7, 11) is 3.53. The van der Waals surface area contributed by atoms with Crippen molar-refractivity contribution < 1.29 is 23.1 Å². The van der Waals surface area contributed by atoms with Gasteiger partial charge in [0.25, 0.3) is 5.56 Å². The lowest BCUT2D eigenvalue weighted by Gasteiger charge is -2.41. The average Bonchev–Trinajstić information content (AvgIpc) is 4.06. The molecule has 10 rings (SSSR count). The molecule has 5 aliphatic rings. The van der Waals surface area contributed by atoms with Crippen molar-refractivity contribution in [2.24, 2.45) is 31.8 Å². The van der Waals surface area contributed by atoms with Gasteiger partial charge in [-0.1, -0.05) is 30.7 Å². The number of aryl methyl sites for hydroxylation is 2. The van der Waals surface area contributed by atoms with Crippen LogP contribution >= 0.6 is 11.6 Å². The first-order valence-electron chi connectivity index (χ1n) is 21.8. The van der Waals surface area contributed by atoms with E-state index in [0.29, 0.717) is 76.8 Å². The largest absolute Gasteiger partial charge is 0.480 e. The van der Waals surface area contributed by atoms with Crippen LogP contribution in [0.5, 0.6) is 5.75 Å². The number of rotatable bonds is 8. The van der Waals surface area contributed by atoms with Gasteiger partial charge in [0.1, 0.15) is 5.02 Å². The van der Waals surface area contributed by atoms with Crippen molar-refractivity contribution in [1.29, 1.82) is 0 Å². The SMILES string of the molecule is CC1CN(c2ncc(Cl)c(Nc3ccc4c(c3)c3c(c(=O)n4C)OCC(F)(F)C(C4CC4)N3)n2)CCC1CN1CCC(c2ccc3c(C4CCC(=O)NC4=O)nn(C)c3c2)CC1. The Morgan fingerprint density at radius 1 is 0.968 bits per heavy atom. The highest BCUT2D eigenvalue weighted by atomic mass is 35.5. The van der Waals surface area contributed by atoms with E-state index in [9.17, 15) is 14.4 Å². The molecule has 4 aliphatic heterocycles. The zero-order valence-electron chi connectivity index (χ0n) is 35.1. The van der Waals surface area contributed by atoms with Gasteiger partial charge in [0.2, 0.25) is 23.5 Å². The number of anilines is 4. The first-order valence-corrected chi connectivity index (χ1v) is 22.2. The Morgan fingerprint density at radius 2 is 1.77 bits per heavy atom. The van der Waals surface area contributed by atoms with Crippen LogP contribution in [0, 0.1) is 17.8 Å². The number of pyridine rings is 1. The topological polar surface area (TPSA) is 152 Å². The quantitative estimate of drug-likeness (QED) is 0.143. The number of alkyl halides is 2. The zero-order chi connectivity index (χ0) is 43.0. The first-order chi connectivity index (χ1) is 29.8. The van der Waals surface area contributed by atoms with Gasteiger partial charge in [-0.05, 0) is 105 Å². The molecule has 7 heterocycles. The van der Waals surface area contributed by atoms with E-state index in [1.807, 2.05) is 23.9 Å². The number of ether oxygens (including phenoxy) is 1. The Bertz CT molecular complexity index is 2660. The van der Waals surface area contributed by atoms with Crippen LogP contribution in [0.15, 0.2) is 47.4 Å². The fourth-order valence-electron chi connectivity index (χ4n) is 10.2. The lowest BCUT2D eigenvalue weighted by Crippen LogP contribution is -2.45. The molecule has 3 saturated heterocycles. The van der Waals surface area contributed by atoms with Crippen LogP contribution < -0.4 is 31.1 Å². The van der Waals surface area contributed by atoms with Gasteiger partial charge in [0.05, 0.1) is 40.6 Å². The Morgan fingerprint density at radius 3 is 2.53 bits per heavy atom. The van der Waals surface area contributed by atoms with Crippen LogP contribution in [0.4, 0.5) is 31.9 Å². The number of piperidine rings is 3. The molecule has 4 unspecified atom stereocenters. The van der Waals surface area contributed by atoms with Crippen LogP contribution in [0.2, 0.25) is 5.02 Å². The molecule has 14 nitrogen and oxygen atoms in total. The Kier molecular flexibility index (Phi) is 10.4. The highest BCUT2D eigenvalue weighted by Crippen LogP contribution is 2.46. The van der Waals surface area contributed by atoms with Gasteiger partial charge < -0.3 is 29.7 Å². The lowest BCUT2D eigenvalue weighted by atomic mass is 9.84. The normalized spacial score (nSPS) is 24.6. The number of benzene rings is 2. The van der Waals surface area contributed by atoms with Crippen molar-refractivity contribution in [1.82, 2.24) is 34.5 Å². The number of halogens is 3. The van der Waals surface area contributed by atoms with Crippen LogP contribution in [-0.4, -0.2) is 92.3 Å². The van der Waals surface area contributed by atoms with Gasteiger partial charge in [-0.2, -0.15) is 10.1 Å². The van der Waals surface area contributed by atoms with Crippen molar-refractivity contribution >= 4 is 68.4 Å². The van der Waals surface area contributed by atoms with Gasteiger partial charge >= 0.3 is 5.92 Å². The molecule has 3 aromatic heterocycles. The summed E-state index contributed by atoms with van der Waals surface area (Å²) in [5, 5.41) is 15.5. The van der Waals surface area contributed by atoms with Gasteiger partial charge in [0, 0.05) is 56.6 Å². The average molecular weight is 869 g/mol. The monoisotopic (exact) mass is 868 g/mol. The fraction of sp³-hybridized carbons (Fsp3) is 0.511. The fourth-order valence-corrected chi connectivity index (χ4v) is 10.4. The number of hydrogen-bond acceptors (Lipinski definition) is 11. The summed E-state index contributed by atoms with van der Waals surface area (Å²) < 4.78 is 39.2. The minimum Gasteiger partial charge on any atom is -0.480 e. The second kappa shape index (κ2) is 15.8. The standard InChI is InChI=1S/C45H51ClF2N10O4/c1-24-21-58(17-14-28(24)22-57-15-12-25(13-16-57)27-6-8-30-35(18-27)56(3)54-37(30)31-9-11-36(59)51-42(31)60)44-49-20-33(46)41(53-44)50-29-7-10-34-32(19-29)38-39(43(61)55(34)2)62-23-45(47,48)40(52-38)26-4-5-26/h6-8,10,18-20,24-26,28,31,40,52H,4-5,9,11-17,21-23H2,1-3H3,(H,49,50,53)(H,51,59,60). The van der Waals surface area contributed by atoms with Crippen molar-refractivity contribution in [2.45, 2.75) is 75.7 Å². The van der Waals surface area contributed by atoms with E-state index >= 15 is 8.78 Å². The predicted molar refractivity (Wildman–Crippen MR) is 234 cm³/mol. The Labute approximate surface area is 362 Å². The van der Waals surface area contributed by atoms with Gasteiger partial charge in [-0.3, -0.25) is 24.4 Å². The van der Waals surface area contributed by atoms with E-state index in [2.05, 4.69) is 55.9 Å². The molecule has 1 saturated carbocycles. The molecule has 1 aliphatic carbocycles. The number of aromatic nitrogens is 5. The number of nitrogens with one attached hydrogen (secondary N) is 3. The maximum Gasteiger partial charge on any atom is 0.301 e. The smallest absolute Gasteiger partial charge is 0.301 e. The molecule has 17 heteroatoms. The third-order valence-corrected chi connectivity index (χ3v) is 14.3. The zero-order valence-corrected chi connectivity index (χ0v) is 35.9. The predicted octanol–water partition coefficient (Wildman–Crippen LogP) is 6.69. The summed E-state index contributed by atoms with van der Waals surface area (Å²) in [6.07, 6.45) is 6.97. The van der Waals surface area contributed by atoms with Crippen LogP contribution in [0.25, 0.3) is 21.8 Å². The number of amides is 2. The molecule has 2 amide bonds. The third-order valence-electron chi connectivity index (χ3n) is 14.0. The second-order valence-corrected chi connectivity index (χ2v) is 18.5. The molecular weight excluding hydrogens is 818 g/mol. The highest BCUT2D eigenvalue weighted by Gasteiger charge is 2.51. The van der Waals surface area contributed by atoms with E-state index in [0.717, 1.165) is 68.6 Å². The maximum absolute atomic E-state index is 15.2. The van der Waals surface area contributed by atoms with Crippen molar-refractivity contribution in [3.8, 4) is 5.75 Å². The molecule has 62 heavy (non-hydrogen) atoms. The van der Waals surface area contributed by atoms with Gasteiger partial charge in [0.15, 0.2) is 12.4 Å². The number of carbonyl (C=O) groups is 2. The van der Waals surface area contributed by atoms with Crippen LogP contribution in [0.1, 0.15) is 75.0 Å². The molecule has 2 aromatic carbocycles. The lowest BCUT2D eigenvalue weighted by molar-refractivity contribution is -0.134. The van der Waals surface area contributed by atoms with Crippen LogP contribution in [0.3, 0.4) is 0 Å². The number of hydrogen-bond donors (Lipinski definition) is 3. The molecule has 326 valence electrons. The molecule has 3 N–H and O–H groups in total. The number of likely N-dealkylation sites (tertiary alicyclic amines) is 1. The Balaban J connectivity index is 0.777. The van der Waals surface area contributed by atoms with Crippen molar-refractivity contribution in [3.63, 3.8) is 0 Å². The number of fused-ring (bicyclic) bond motifs is 4. The summed E-state index contributed by atoms with van der Waals surface area (Å²) in [6, 6.07) is 10.8. The van der Waals surface area contributed by atoms with E-state index in [1.54, 1.807) is 19.3 Å². The summed E-state index contributed by atoms with van der Waals surface area (Å²) in [6.45, 7) is 6.17. The molecule has 0 spiro atoms. The molecule has 5 aromatic rings. The van der Waals surface area contributed by atoms with Crippen molar-refractivity contribution in [2.75, 3.05) is 54.9 Å². The molecule has 0 bridgehead atoms. The minimum absolute atomic E-state index is 0.104. The van der Waals surface area contributed by atoms with Gasteiger partial charge in [-0.15, -0.1) is 0 Å². The van der Waals surface area contributed by atoms with E-state index in [1.165, 1.54) is 10.1 Å². The first kappa shape index (κ1) is 40.7. The molecular formula is C45H51ClF2N10O4. The number of imide groups is 1.